The molecule has 28 heavy (non-hydrogen) atoms. The maximum Gasteiger partial charge on any atom is 0.160 e. The first-order chi connectivity index (χ1) is 13.7. The summed E-state index contributed by atoms with van der Waals surface area (Å²) in [6, 6.07) is 14.0. The summed E-state index contributed by atoms with van der Waals surface area (Å²) >= 11 is 0. The van der Waals surface area contributed by atoms with Crippen molar-refractivity contribution in [3.05, 3.63) is 72.4 Å². The molecule has 0 aliphatic heterocycles. The normalized spacial score (nSPS) is 10.8. The minimum Gasteiger partial charge on any atom is -0.496 e. The molecule has 0 N–H and O–H groups in total. The van der Waals surface area contributed by atoms with Crippen LogP contribution >= 0.6 is 0 Å². The number of pyridine rings is 1. The summed E-state index contributed by atoms with van der Waals surface area (Å²) < 4.78 is 21.6. The lowest BCUT2D eigenvalue weighted by atomic mass is 9.98. The van der Waals surface area contributed by atoms with Crippen molar-refractivity contribution in [1.29, 1.82) is 0 Å². The summed E-state index contributed by atoms with van der Waals surface area (Å²) in [5.41, 5.74) is 4.03. The number of nitrogens with zero attached hydrogens (tertiary/aromatic N) is 1. The Labute approximate surface area is 163 Å². The molecule has 4 aromatic rings. The van der Waals surface area contributed by atoms with E-state index < -0.39 is 0 Å². The molecule has 0 fully saturated rings. The van der Waals surface area contributed by atoms with E-state index in [9.17, 15) is 0 Å². The van der Waals surface area contributed by atoms with Crippen LogP contribution in [0, 0.1) is 0 Å². The number of benzene rings is 2. The monoisotopic (exact) mass is 375 g/mol. The molecule has 142 valence electrons. The summed E-state index contributed by atoms with van der Waals surface area (Å²) in [7, 11) is 4.95. The molecule has 0 aliphatic carbocycles. The van der Waals surface area contributed by atoms with Gasteiger partial charge in [0.2, 0.25) is 0 Å². The Morgan fingerprint density at radius 2 is 1.68 bits per heavy atom. The fraction of sp³-hybridized carbons (Fsp3) is 0.174. The Kier molecular flexibility index (Phi) is 4.89. The van der Waals surface area contributed by atoms with E-state index in [1.807, 2.05) is 42.6 Å². The Morgan fingerprint density at radius 1 is 0.857 bits per heavy atom. The zero-order chi connectivity index (χ0) is 19.5. The van der Waals surface area contributed by atoms with Gasteiger partial charge in [-0.15, -0.1) is 0 Å². The van der Waals surface area contributed by atoms with Crippen molar-refractivity contribution in [2.24, 2.45) is 0 Å². The zero-order valence-corrected chi connectivity index (χ0v) is 16.1. The Bertz CT molecular complexity index is 1100. The molecular formula is C23H21NO4. The highest BCUT2D eigenvalue weighted by Gasteiger charge is 2.13. The largest absolute Gasteiger partial charge is 0.496 e. The van der Waals surface area contributed by atoms with Gasteiger partial charge in [0.1, 0.15) is 5.75 Å². The van der Waals surface area contributed by atoms with Crippen molar-refractivity contribution in [3.8, 4) is 28.4 Å². The molecule has 5 nitrogen and oxygen atoms in total. The van der Waals surface area contributed by atoms with Crippen LogP contribution in [0.15, 0.2) is 65.6 Å². The first kappa shape index (κ1) is 17.9. The molecule has 0 aliphatic rings. The van der Waals surface area contributed by atoms with Crippen LogP contribution in [0.2, 0.25) is 0 Å². The lowest BCUT2D eigenvalue weighted by molar-refractivity contribution is 0.354. The van der Waals surface area contributed by atoms with Crippen molar-refractivity contribution in [1.82, 2.24) is 4.98 Å². The number of hydrogen-bond donors (Lipinski definition) is 0. The highest BCUT2D eigenvalue weighted by molar-refractivity contribution is 5.92. The minimum atomic E-state index is 0.675. The molecule has 0 amide bonds. The van der Waals surface area contributed by atoms with Crippen molar-refractivity contribution < 1.29 is 18.6 Å². The molecule has 4 rings (SSSR count). The van der Waals surface area contributed by atoms with E-state index in [0.717, 1.165) is 38.9 Å². The quantitative estimate of drug-likeness (QED) is 0.469. The van der Waals surface area contributed by atoms with E-state index in [1.165, 1.54) is 0 Å². The van der Waals surface area contributed by atoms with Gasteiger partial charge in [-0.2, -0.15) is 0 Å². The Balaban J connectivity index is 1.80. The average molecular weight is 375 g/mol. The van der Waals surface area contributed by atoms with Gasteiger partial charge in [0.15, 0.2) is 11.5 Å². The second-order valence-corrected chi connectivity index (χ2v) is 6.41. The van der Waals surface area contributed by atoms with E-state index in [2.05, 4.69) is 11.1 Å². The summed E-state index contributed by atoms with van der Waals surface area (Å²) in [5, 5.41) is 2.16. The number of aromatic nitrogens is 1. The number of ether oxygens (including phenoxy) is 3. The summed E-state index contributed by atoms with van der Waals surface area (Å²) in [6.07, 6.45) is 5.88. The average Bonchev–Trinajstić information content (AvgIpc) is 3.27. The van der Waals surface area contributed by atoms with E-state index >= 15 is 0 Å². The molecule has 5 heteroatoms. The van der Waals surface area contributed by atoms with Crippen molar-refractivity contribution >= 4 is 10.8 Å². The third-order valence-electron chi connectivity index (χ3n) is 4.82. The number of furan rings is 1. The number of hydrogen-bond acceptors (Lipinski definition) is 5. The fourth-order valence-electron chi connectivity index (χ4n) is 3.40. The molecule has 2 heterocycles. The van der Waals surface area contributed by atoms with Crippen LogP contribution in [0.1, 0.15) is 11.3 Å². The van der Waals surface area contributed by atoms with Crippen LogP contribution in [-0.4, -0.2) is 26.3 Å². The van der Waals surface area contributed by atoms with Gasteiger partial charge in [0.25, 0.3) is 0 Å². The molecule has 2 aromatic carbocycles. The second kappa shape index (κ2) is 7.64. The third-order valence-corrected chi connectivity index (χ3v) is 4.82. The first-order valence-electron chi connectivity index (χ1n) is 8.92. The van der Waals surface area contributed by atoms with Crippen LogP contribution in [-0.2, 0) is 6.42 Å². The molecule has 0 radical (unpaired) electrons. The number of fused-ring (bicyclic) bond motifs is 1. The van der Waals surface area contributed by atoms with Crippen LogP contribution in [0.25, 0.3) is 21.9 Å². The maximum absolute atomic E-state index is 5.60. The van der Waals surface area contributed by atoms with Crippen LogP contribution in [0.3, 0.4) is 0 Å². The molecule has 0 unspecified atom stereocenters. The van der Waals surface area contributed by atoms with Gasteiger partial charge in [-0.25, -0.2) is 0 Å². The van der Waals surface area contributed by atoms with Gasteiger partial charge < -0.3 is 18.6 Å². The van der Waals surface area contributed by atoms with E-state index in [-0.39, 0.29) is 0 Å². The highest BCUT2D eigenvalue weighted by Crippen LogP contribution is 2.36. The topological polar surface area (TPSA) is 53.7 Å². The predicted octanol–water partition coefficient (Wildman–Crippen LogP) is 5.11. The number of methoxy groups -OCH3 is 3. The lowest BCUT2D eigenvalue weighted by Crippen LogP contribution is -1.97. The maximum atomic E-state index is 5.60. The van der Waals surface area contributed by atoms with Gasteiger partial charge in [-0.3, -0.25) is 4.98 Å². The molecule has 2 aromatic heterocycles. The third kappa shape index (κ3) is 3.27. The molecule has 0 atom stereocenters. The summed E-state index contributed by atoms with van der Waals surface area (Å²) in [5.74, 6) is 2.22. The minimum absolute atomic E-state index is 0.675. The highest BCUT2D eigenvalue weighted by atomic mass is 16.5. The second-order valence-electron chi connectivity index (χ2n) is 6.41. The summed E-state index contributed by atoms with van der Waals surface area (Å²) in [4.78, 5) is 4.64. The van der Waals surface area contributed by atoms with E-state index in [4.69, 9.17) is 18.6 Å². The smallest absolute Gasteiger partial charge is 0.160 e. The lowest BCUT2D eigenvalue weighted by Gasteiger charge is -2.13. The zero-order valence-electron chi connectivity index (χ0n) is 16.1. The van der Waals surface area contributed by atoms with Crippen LogP contribution < -0.4 is 14.2 Å². The molecule has 0 spiro atoms. The first-order valence-corrected chi connectivity index (χ1v) is 8.92. The van der Waals surface area contributed by atoms with Crippen molar-refractivity contribution in [2.75, 3.05) is 21.3 Å². The Hall–Kier alpha value is -3.47. The van der Waals surface area contributed by atoms with Gasteiger partial charge in [0, 0.05) is 29.1 Å². The standard InChI is InChI=1S/C23H21NO4/c1-25-21-5-4-15(11-23(21)27-3)10-20-18-13-19(17-7-9-28-14-17)22(26-2)12-16(18)6-8-24-20/h4-9,11-14H,10H2,1-3H3. The SMILES string of the molecule is COc1ccc(Cc2nccc3cc(OC)c(-c4ccoc4)cc23)cc1OC. The molecule has 0 saturated carbocycles. The van der Waals surface area contributed by atoms with Crippen LogP contribution in [0.4, 0.5) is 0 Å². The van der Waals surface area contributed by atoms with Gasteiger partial charge in [-0.05, 0) is 47.3 Å². The number of rotatable bonds is 6. The van der Waals surface area contributed by atoms with E-state index in [0.29, 0.717) is 17.9 Å². The predicted molar refractivity (Wildman–Crippen MR) is 108 cm³/mol. The van der Waals surface area contributed by atoms with Gasteiger partial charge >= 0.3 is 0 Å². The van der Waals surface area contributed by atoms with Gasteiger partial charge in [-0.1, -0.05) is 6.07 Å². The van der Waals surface area contributed by atoms with Crippen LogP contribution in [0.5, 0.6) is 17.2 Å². The van der Waals surface area contributed by atoms with Crippen molar-refractivity contribution in [2.45, 2.75) is 6.42 Å². The molecule has 0 bridgehead atoms. The van der Waals surface area contributed by atoms with Gasteiger partial charge in [0.05, 0.1) is 39.5 Å². The fourth-order valence-corrected chi connectivity index (χ4v) is 3.40. The molecular weight excluding hydrogens is 354 g/mol. The van der Waals surface area contributed by atoms with E-state index in [1.54, 1.807) is 33.9 Å². The molecule has 0 saturated heterocycles. The summed E-state index contributed by atoms with van der Waals surface area (Å²) in [6.45, 7) is 0. The Morgan fingerprint density at radius 3 is 2.39 bits per heavy atom. The van der Waals surface area contributed by atoms with Crippen molar-refractivity contribution in [3.63, 3.8) is 0 Å².